The Morgan fingerprint density at radius 3 is 2.63 bits per heavy atom. The number of aromatic nitrogens is 2. The zero-order valence-corrected chi connectivity index (χ0v) is 16.1. The molecular weight excluding hydrogens is 391 g/mol. The number of nitrogens with one attached hydrogen (secondary N) is 1. The third-order valence-corrected chi connectivity index (χ3v) is 5.43. The Labute approximate surface area is 170 Å². The van der Waals surface area contributed by atoms with E-state index in [9.17, 15) is 18.8 Å². The lowest BCUT2D eigenvalue weighted by Gasteiger charge is -2.31. The largest absolute Gasteiger partial charge is 0.338 e. The molecule has 2 heterocycles. The first kappa shape index (κ1) is 20.0. The molecule has 1 aliphatic heterocycles. The summed E-state index contributed by atoms with van der Waals surface area (Å²) in [7, 11) is 0. The molecule has 0 unspecified atom stereocenters. The molecule has 1 fully saturated rings. The summed E-state index contributed by atoms with van der Waals surface area (Å²) < 4.78 is 15.8. The number of amides is 1. The first-order chi connectivity index (χ1) is 14.5. The Balaban J connectivity index is 1.65. The molecule has 0 aliphatic carbocycles. The lowest BCUT2D eigenvalue weighted by molar-refractivity contribution is 0.00769. The van der Waals surface area contributed by atoms with Gasteiger partial charge in [0, 0.05) is 13.1 Å². The third-order valence-electron chi connectivity index (χ3n) is 5.43. The van der Waals surface area contributed by atoms with Gasteiger partial charge in [-0.3, -0.25) is 19.1 Å². The Morgan fingerprint density at radius 2 is 1.90 bits per heavy atom. The summed E-state index contributed by atoms with van der Waals surface area (Å²) >= 11 is 0. The number of para-hydroxylation sites is 1. The minimum Gasteiger partial charge on any atom is -0.338 e. The van der Waals surface area contributed by atoms with Crippen molar-refractivity contribution in [2.45, 2.75) is 25.5 Å². The minimum atomic E-state index is -0.625. The molecule has 3 aromatic rings. The second kappa shape index (κ2) is 8.21. The van der Waals surface area contributed by atoms with Gasteiger partial charge >= 0.3 is 5.69 Å². The zero-order chi connectivity index (χ0) is 21.3. The number of carbonyl (C=O) groups is 1. The number of H-pyrrole nitrogens is 1. The number of carbonyl (C=O) groups excluding carboxylic acids is 1. The predicted molar refractivity (Wildman–Crippen MR) is 109 cm³/mol. The molecule has 0 atom stereocenters. The van der Waals surface area contributed by atoms with Gasteiger partial charge in [-0.1, -0.05) is 18.2 Å². The molecule has 3 N–H and O–H groups in total. The summed E-state index contributed by atoms with van der Waals surface area (Å²) in [4.78, 5) is 45.9. The van der Waals surface area contributed by atoms with E-state index in [0.29, 0.717) is 42.4 Å². The maximum Gasteiger partial charge on any atom is 0.329 e. The van der Waals surface area contributed by atoms with Crippen LogP contribution in [0.5, 0.6) is 0 Å². The fourth-order valence-electron chi connectivity index (χ4n) is 3.78. The molecule has 30 heavy (non-hydrogen) atoms. The molecule has 1 saturated heterocycles. The number of benzene rings is 2. The van der Waals surface area contributed by atoms with E-state index in [0.717, 1.165) is 0 Å². The second-order valence-electron chi connectivity index (χ2n) is 7.30. The SMILES string of the molecule is NOC1CCN(C(=O)c2cc(Cn3c(=O)[nH]c(=O)c4ccccc43)ccc2F)CC1. The van der Waals surface area contributed by atoms with Crippen molar-refractivity contribution in [2.75, 3.05) is 13.1 Å². The van der Waals surface area contributed by atoms with Gasteiger partial charge in [0.15, 0.2) is 0 Å². The number of nitrogens with two attached hydrogens (primary N) is 1. The molecule has 8 nitrogen and oxygen atoms in total. The van der Waals surface area contributed by atoms with Crippen LogP contribution in [0.25, 0.3) is 10.9 Å². The Kier molecular flexibility index (Phi) is 5.47. The number of hydrogen-bond acceptors (Lipinski definition) is 5. The van der Waals surface area contributed by atoms with Crippen LogP contribution in [0.3, 0.4) is 0 Å². The number of likely N-dealkylation sites (tertiary alicyclic amines) is 1. The van der Waals surface area contributed by atoms with Gasteiger partial charge < -0.3 is 9.74 Å². The smallest absolute Gasteiger partial charge is 0.329 e. The molecule has 9 heteroatoms. The number of hydrogen-bond donors (Lipinski definition) is 2. The molecule has 0 bridgehead atoms. The van der Waals surface area contributed by atoms with Crippen molar-refractivity contribution in [1.29, 1.82) is 0 Å². The van der Waals surface area contributed by atoms with E-state index in [1.165, 1.54) is 22.8 Å². The molecule has 1 aromatic heterocycles. The molecule has 1 amide bonds. The van der Waals surface area contributed by atoms with Crippen molar-refractivity contribution in [3.63, 3.8) is 0 Å². The monoisotopic (exact) mass is 412 g/mol. The topological polar surface area (TPSA) is 110 Å². The van der Waals surface area contributed by atoms with Crippen LogP contribution >= 0.6 is 0 Å². The van der Waals surface area contributed by atoms with E-state index in [2.05, 4.69) is 4.98 Å². The zero-order valence-electron chi connectivity index (χ0n) is 16.1. The van der Waals surface area contributed by atoms with Crippen molar-refractivity contribution in [3.8, 4) is 0 Å². The number of piperidine rings is 1. The lowest BCUT2D eigenvalue weighted by Crippen LogP contribution is -2.41. The number of aromatic amines is 1. The lowest BCUT2D eigenvalue weighted by atomic mass is 10.0. The number of fused-ring (bicyclic) bond motifs is 1. The van der Waals surface area contributed by atoms with Crippen molar-refractivity contribution >= 4 is 16.8 Å². The van der Waals surface area contributed by atoms with Gasteiger partial charge in [0.05, 0.1) is 29.1 Å². The average Bonchev–Trinajstić information content (AvgIpc) is 2.77. The van der Waals surface area contributed by atoms with E-state index < -0.39 is 23.0 Å². The Morgan fingerprint density at radius 1 is 1.17 bits per heavy atom. The summed E-state index contributed by atoms with van der Waals surface area (Å²) in [6.45, 7) is 0.933. The predicted octanol–water partition coefficient (Wildman–Crippen LogP) is 1.37. The Hall–Kier alpha value is -3.30. The van der Waals surface area contributed by atoms with Crippen LogP contribution < -0.4 is 17.1 Å². The summed E-state index contributed by atoms with van der Waals surface area (Å²) in [5.41, 5.74) is -0.0561. The van der Waals surface area contributed by atoms with E-state index in [4.69, 9.17) is 10.7 Å². The van der Waals surface area contributed by atoms with Gasteiger partial charge in [-0.05, 0) is 42.7 Å². The maximum absolute atomic E-state index is 14.4. The number of nitrogens with zero attached hydrogens (tertiary/aromatic N) is 2. The van der Waals surface area contributed by atoms with Gasteiger partial charge in [-0.15, -0.1) is 0 Å². The quantitative estimate of drug-likeness (QED) is 0.629. The second-order valence-corrected chi connectivity index (χ2v) is 7.30. The van der Waals surface area contributed by atoms with Gasteiger partial charge in [-0.2, -0.15) is 0 Å². The molecule has 0 saturated carbocycles. The van der Waals surface area contributed by atoms with E-state index >= 15 is 0 Å². The van der Waals surface area contributed by atoms with Gasteiger partial charge in [-0.25, -0.2) is 15.1 Å². The fourth-order valence-corrected chi connectivity index (χ4v) is 3.78. The summed E-state index contributed by atoms with van der Waals surface area (Å²) in [6.07, 6.45) is 1.07. The van der Waals surface area contributed by atoms with E-state index in [1.807, 2.05) is 0 Å². The van der Waals surface area contributed by atoms with Crippen LogP contribution in [0.15, 0.2) is 52.1 Å². The number of halogens is 1. The molecule has 0 spiro atoms. The van der Waals surface area contributed by atoms with Gasteiger partial charge in [0.25, 0.3) is 11.5 Å². The summed E-state index contributed by atoms with van der Waals surface area (Å²) in [5, 5.41) is 0.375. The average molecular weight is 412 g/mol. The molecule has 1 aliphatic rings. The van der Waals surface area contributed by atoms with Crippen LogP contribution in [0, 0.1) is 5.82 Å². The molecular formula is C21H21FN4O4. The highest BCUT2D eigenvalue weighted by atomic mass is 19.1. The minimum absolute atomic E-state index is 0.0543. The van der Waals surface area contributed by atoms with Gasteiger partial charge in [0.1, 0.15) is 5.82 Å². The van der Waals surface area contributed by atoms with E-state index in [-0.39, 0.29) is 18.2 Å². The van der Waals surface area contributed by atoms with Crippen molar-refractivity contribution in [2.24, 2.45) is 5.90 Å². The van der Waals surface area contributed by atoms with Crippen molar-refractivity contribution in [1.82, 2.24) is 14.5 Å². The van der Waals surface area contributed by atoms with Crippen LogP contribution in [0.1, 0.15) is 28.8 Å². The molecule has 2 aromatic carbocycles. The molecule has 0 radical (unpaired) electrons. The van der Waals surface area contributed by atoms with E-state index in [1.54, 1.807) is 29.2 Å². The maximum atomic E-state index is 14.4. The molecule has 4 rings (SSSR count). The molecule has 156 valence electrons. The first-order valence-electron chi connectivity index (χ1n) is 9.63. The summed E-state index contributed by atoms with van der Waals surface area (Å²) in [6, 6.07) is 10.9. The Bertz CT molecular complexity index is 1210. The van der Waals surface area contributed by atoms with Crippen LogP contribution in [-0.4, -0.2) is 39.6 Å². The van der Waals surface area contributed by atoms with Crippen LogP contribution in [0.2, 0.25) is 0 Å². The first-order valence-corrected chi connectivity index (χ1v) is 9.63. The highest BCUT2D eigenvalue weighted by Crippen LogP contribution is 2.19. The van der Waals surface area contributed by atoms with Gasteiger partial charge in [0.2, 0.25) is 0 Å². The summed E-state index contributed by atoms with van der Waals surface area (Å²) in [5.74, 6) is 4.16. The fraction of sp³-hybridized carbons (Fsp3) is 0.286. The third kappa shape index (κ3) is 3.77. The van der Waals surface area contributed by atoms with Crippen LogP contribution in [-0.2, 0) is 11.4 Å². The van der Waals surface area contributed by atoms with Crippen molar-refractivity contribution < 1.29 is 14.0 Å². The highest BCUT2D eigenvalue weighted by molar-refractivity contribution is 5.94. The van der Waals surface area contributed by atoms with Crippen LogP contribution in [0.4, 0.5) is 4.39 Å². The highest BCUT2D eigenvalue weighted by Gasteiger charge is 2.25. The van der Waals surface area contributed by atoms with Crippen molar-refractivity contribution in [3.05, 3.63) is 80.2 Å². The standard InChI is InChI=1S/C21H21FN4O4/c22-17-6-5-13(11-16(17)20(28)25-9-7-14(30-23)8-10-25)12-26-18-4-2-1-3-15(18)19(27)24-21(26)29/h1-6,11,14H,7-10,12,23H2,(H,24,27,29). The normalized spacial score (nSPS) is 14.9. The number of rotatable bonds is 4.